The van der Waals surface area contributed by atoms with Gasteiger partial charge in [0, 0.05) is 25.0 Å². The van der Waals surface area contributed by atoms with E-state index < -0.39 is 0 Å². The number of nitrogens with two attached hydrogens (primary N) is 1. The Labute approximate surface area is 56.3 Å². The molecule has 0 bridgehead atoms. The molecule has 0 aromatic carbocycles. The molecule has 0 radical (unpaired) electrons. The van der Waals surface area contributed by atoms with Gasteiger partial charge in [0.2, 0.25) is 0 Å². The lowest BCUT2D eigenvalue weighted by atomic mass is 10.4. The van der Waals surface area contributed by atoms with Gasteiger partial charge in [-0.15, -0.1) is 0 Å². The summed E-state index contributed by atoms with van der Waals surface area (Å²) >= 11 is 0. The highest BCUT2D eigenvalue weighted by molar-refractivity contribution is 4.96. The molecule has 1 heterocycles. The topological polar surface area (TPSA) is 50.1 Å². The smallest absolute Gasteiger partial charge is 0.0317 e. The first-order valence-electron chi connectivity index (χ1n) is 3.11. The fourth-order valence-corrected chi connectivity index (χ4v) is 0.608. The minimum Gasteiger partial charge on any atom is -0.388 e. The van der Waals surface area contributed by atoms with E-state index in [0.29, 0.717) is 0 Å². The van der Waals surface area contributed by atoms with E-state index in [0.717, 1.165) is 13.1 Å². The van der Waals surface area contributed by atoms with Crippen molar-refractivity contribution in [2.24, 2.45) is 5.73 Å². The van der Waals surface area contributed by atoms with Crippen LogP contribution in [-0.4, -0.2) is 20.1 Å². The van der Waals surface area contributed by atoms with Crippen LogP contribution in [0.2, 0.25) is 0 Å². The number of allylic oxidation sites excluding steroid dienone is 1. The number of hydrogen-bond acceptors (Lipinski definition) is 3. The summed E-state index contributed by atoms with van der Waals surface area (Å²) in [5.41, 5.74) is 5.73. The van der Waals surface area contributed by atoms with Crippen LogP contribution in [-0.2, 0) is 0 Å². The first kappa shape index (κ1) is 8.30. The third kappa shape index (κ3) is 3.85. The van der Waals surface area contributed by atoms with Crippen molar-refractivity contribution in [1.29, 1.82) is 0 Å². The van der Waals surface area contributed by atoms with Crippen LogP contribution in [0.4, 0.5) is 0 Å². The lowest BCUT2D eigenvalue weighted by Gasteiger charge is -2.12. The fourth-order valence-electron chi connectivity index (χ4n) is 0.608. The van der Waals surface area contributed by atoms with E-state index in [2.05, 4.69) is 16.4 Å². The summed E-state index contributed by atoms with van der Waals surface area (Å²) in [7, 11) is 1.50. The lowest BCUT2D eigenvalue weighted by molar-refractivity contribution is 0.686. The minimum absolute atomic E-state index is 1.05. The average molecular weight is 129 g/mol. The normalized spacial score (nSPS) is 15.7. The molecular formula is C6H15N3. The van der Waals surface area contributed by atoms with Crippen molar-refractivity contribution in [2.75, 3.05) is 20.1 Å². The average Bonchev–Trinajstić information content (AvgIpc) is 1.94. The van der Waals surface area contributed by atoms with E-state index >= 15 is 0 Å². The summed E-state index contributed by atoms with van der Waals surface area (Å²) in [6.07, 6.45) is 1.99. The van der Waals surface area contributed by atoms with Crippen LogP contribution in [0.3, 0.4) is 0 Å². The van der Waals surface area contributed by atoms with Crippen LogP contribution in [0.25, 0.3) is 0 Å². The van der Waals surface area contributed by atoms with Gasteiger partial charge >= 0.3 is 0 Å². The Hall–Kier alpha value is -0.700. The molecule has 0 saturated carbocycles. The van der Waals surface area contributed by atoms with Gasteiger partial charge in [0.1, 0.15) is 0 Å². The quantitative estimate of drug-likeness (QED) is 0.418. The Kier molecular flexibility index (Phi) is 5.01. The van der Waals surface area contributed by atoms with Crippen molar-refractivity contribution in [3.8, 4) is 0 Å². The second kappa shape index (κ2) is 5.44. The number of hydrogen-bond donors (Lipinski definition) is 3. The predicted octanol–water partition coefficient (Wildman–Crippen LogP) is -0.385. The zero-order chi connectivity index (χ0) is 7.11. The summed E-state index contributed by atoms with van der Waals surface area (Å²) in [5.74, 6) is 0. The Balaban J connectivity index is 0.000000291. The van der Waals surface area contributed by atoms with Gasteiger partial charge in [-0.3, -0.25) is 0 Å². The molecule has 1 aliphatic rings. The molecule has 54 valence electrons. The van der Waals surface area contributed by atoms with Crippen molar-refractivity contribution < 1.29 is 0 Å². The second-order valence-corrected chi connectivity index (χ2v) is 1.71. The number of nitrogens with one attached hydrogen (secondary N) is 2. The van der Waals surface area contributed by atoms with Gasteiger partial charge in [0.05, 0.1) is 0 Å². The van der Waals surface area contributed by atoms with Gasteiger partial charge < -0.3 is 16.4 Å². The highest BCUT2D eigenvalue weighted by Gasteiger charge is 1.91. The molecule has 1 rings (SSSR count). The molecule has 0 atom stereocenters. The van der Waals surface area contributed by atoms with Crippen LogP contribution < -0.4 is 16.4 Å². The maximum absolute atomic E-state index is 4.50. The van der Waals surface area contributed by atoms with Gasteiger partial charge in [-0.25, -0.2) is 0 Å². The molecule has 0 amide bonds. The molecule has 9 heavy (non-hydrogen) atoms. The standard InChI is InChI=1S/C5H10N2.CH5N/c1-5-4-6-2-3-7-5;1-2/h4,6-7H,2-3H2,1H3;2H2,1H3. The van der Waals surface area contributed by atoms with Gasteiger partial charge in [0.15, 0.2) is 0 Å². The molecule has 0 spiro atoms. The van der Waals surface area contributed by atoms with Gasteiger partial charge in [0.25, 0.3) is 0 Å². The Morgan fingerprint density at radius 2 is 2.11 bits per heavy atom. The van der Waals surface area contributed by atoms with E-state index in [1.165, 1.54) is 12.7 Å². The largest absolute Gasteiger partial charge is 0.388 e. The molecule has 4 N–H and O–H groups in total. The molecule has 0 aromatic heterocycles. The SMILES string of the molecule is CC1=CNCCN1.CN. The Morgan fingerprint density at radius 1 is 1.44 bits per heavy atom. The molecule has 1 aliphatic heterocycles. The summed E-state index contributed by atoms with van der Waals surface area (Å²) in [6, 6.07) is 0. The maximum Gasteiger partial charge on any atom is 0.0317 e. The number of rotatable bonds is 0. The third-order valence-corrected chi connectivity index (χ3v) is 0.992. The van der Waals surface area contributed by atoms with Crippen LogP contribution in [0, 0.1) is 0 Å². The third-order valence-electron chi connectivity index (χ3n) is 0.992. The van der Waals surface area contributed by atoms with Crippen LogP contribution in [0.5, 0.6) is 0 Å². The second-order valence-electron chi connectivity index (χ2n) is 1.71. The van der Waals surface area contributed by atoms with Gasteiger partial charge in [-0.1, -0.05) is 0 Å². The first-order chi connectivity index (χ1) is 4.39. The van der Waals surface area contributed by atoms with Gasteiger partial charge in [-0.05, 0) is 14.0 Å². The lowest BCUT2D eigenvalue weighted by Crippen LogP contribution is -2.29. The van der Waals surface area contributed by atoms with Crippen LogP contribution in [0.15, 0.2) is 11.9 Å². The fraction of sp³-hybridized carbons (Fsp3) is 0.667. The zero-order valence-electron chi connectivity index (χ0n) is 6.07. The van der Waals surface area contributed by atoms with E-state index in [4.69, 9.17) is 0 Å². The maximum atomic E-state index is 4.50. The molecule has 0 unspecified atom stereocenters. The molecule has 3 heteroatoms. The molecule has 3 nitrogen and oxygen atoms in total. The first-order valence-corrected chi connectivity index (χ1v) is 3.11. The molecule has 0 saturated heterocycles. The van der Waals surface area contributed by atoms with E-state index in [-0.39, 0.29) is 0 Å². The highest BCUT2D eigenvalue weighted by atomic mass is 15.0. The molecule has 0 aromatic rings. The molecular weight excluding hydrogens is 114 g/mol. The monoisotopic (exact) mass is 129 g/mol. The summed E-state index contributed by atoms with van der Waals surface area (Å²) in [4.78, 5) is 0. The summed E-state index contributed by atoms with van der Waals surface area (Å²) < 4.78 is 0. The van der Waals surface area contributed by atoms with Crippen molar-refractivity contribution in [1.82, 2.24) is 10.6 Å². The van der Waals surface area contributed by atoms with Crippen molar-refractivity contribution >= 4 is 0 Å². The van der Waals surface area contributed by atoms with Gasteiger partial charge in [-0.2, -0.15) is 0 Å². The van der Waals surface area contributed by atoms with E-state index in [9.17, 15) is 0 Å². The molecule has 0 aliphatic carbocycles. The van der Waals surface area contributed by atoms with Crippen molar-refractivity contribution in [2.45, 2.75) is 6.92 Å². The highest BCUT2D eigenvalue weighted by Crippen LogP contribution is 1.84. The zero-order valence-corrected chi connectivity index (χ0v) is 6.07. The van der Waals surface area contributed by atoms with E-state index in [1.807, 2.05) is 13.1 Å². The summed E-state index contributed by atoms with van der Waals surface area (Å²) in [6.45, 7) is 4.16. The van der Waals surface area contributed by atoms with E-state index in [1.54, 1.807) is 0 Å². The Bertz CT molecular complexity index is 88.3. The van der Waals surface area contributed by atoms with Crippen molar-refractivity contribution in [3.05, 3.63) is 11.9 Å². The van der Waals surface area contributed by atoms with Crippen LogP contribution >= 0.6 is 0 Å². The molecule has 0 fully saturated rings. The van der Waals surface area contributed by atoms with Crippen LogP contribution in [0.1, 0.15) is 6.92 Å². The minimum atomic E-state index is 1.05. The summed E-state index contributed by atoms with van der Waals surface area (Å²) in [5, 5.41) is 6.29. The Morgan fingerprint density at radius 3 is 2.33 bits per heavy atom. The predicted molar refractivity (Wildman–Crippen MR) is 39.9 cm³/mol. The van der Waals surface area contributed by atoms with Crippen molar-refractivity contribution in [3.63, 3.8) is 0 Å².